The number of carbonyl (C=O) groups excluding carboxylic acids is 1. The fourth-order valence-electron chi connectivity index (χ4n) is 3.29. The molecule has 168 valence electrons. The maximum atomic E-state index is 13.2. The minimum Gasteiger partial charge on any atom is -0.345 e. The van der Waals surface area contributed by atoms with Gasteiger partial charge in [0.2, 0.25) is 0 Å². The molecule has 0 radical (unpaired) electrons. The Bertz CT molecular complexity index is 1440. The van der Waals surface area contributed by atoms with Crippen LogP contribution in [0.5, 0.6) is 0 Å². The summed E-state index contributed by atoms with van der Waals surface area (Å²) in [5.74, 6) is -0.913. The Morgan fingerprint density at radius 1 is 1.03 bits per heavy atom. The standard InChI is InChI=1S/C23H18ClFN4O3S/c1-14(15-5-8-17(25)9-6-15)28-23(30)18-10-7-16(24)13-20(18)29-33(31,32)21-4-2-3-19-22(21)27-12-11-26-19/h2-14,29H,1H3,(H,28,30). The highest BCUT2D eigenvalue weighted by atomic mass is 35.5. The molecule has 1 unspecified atom stereocenters. The van der Waals surface area contributed by atoms with Crippen LogP contribution >= 0.6 is 11.6 Å². The molecule has 7 nitrogen and oxygen atoms in total. The van der Waals surface area contributed by atoms with Crippen molar-refractivity contribution in [1.82, 2.24) is 15.3 Å². The third-order valence-electron chi connectivity index (χ3n) is 4.94. The summed E-state index contributed by atoms with van der Waals surface area (Å²) in [5.41, 5.74) is 1.38. The maximum absolute atomic E-state index is 13.2. The van der Waals surface area contributed by atoms with E-state index in [9.17, 15) is 17.6 Å². The highest BCUT2D eigenvalue weighted by Gasteiger charge is 2.23. The number of anilines is 1. The second kappa shape index (κ2) is 9.13. The van der Waals surface area contributed by atoms with Crippen molar-refractivity contribution in [1.29, 1.82) is 0 Å². The molecule has 33 heavy (non-hydrogen) atoms. The summed E-state index contributed by atoms with van der Waals surface area (Å²) in [6.45, 7) is 1.74. The number of nitrogens with zero attached hydrogens (tertiary/aromatic N) is 2. The zero-order valence-electron chi connectivity index (χ0n) is 17.3. The average molecular weight is 485 g/mol. The highest BCUT2D eigenvalue weighted by molar-refractivity contribution is 7.93. The third kappa shape index (κ3) is 4.94. The van der Waals surface area contributed by atoms with Crippen molar-refractivity contribution in [2.24, 2.45) is 0 Å². The van der Waals surface area contributed by atoms with E-state index in [1.165, 1.54) is 48.8 Å². The predicted octanol–water partition coefficient (Wildman–Crippen LogP) is 4.71. The van der Waals surface area contributed by atoms with Crippen LogP contribution in [0.3, 0.4) is 0 Å². The van der Waals surface area contributed by atoms with Crippen molar-refractivity contribution in [2.75, 3.05) is 4.72 Å². The Morgan fingerprint density at radius 3 is 2.52 bits per heavy atom. The van der Waals surface area contributed by atoms with Crippen molar-refractivity contribution in [3.05, 3.63) is 95.0 Å². The number of nitrogens with one attached hydrogen (secondary N) is 2. The molecule has 10 heteroatoms. The lowest BCUT2D eigenvalue weighted by Gasteiger charge is -2.17. The van der Waals surface area contributed by atoms with Crippen LogP contribution in [0, 0.1) is 5.82 Å². The lowest BCUT2D eigenvalue weighted by atomic mass is 10.1. The number of sulfonamides is 1. The van der Waals surface area contributed by atoms with E-state index in [1.54, 1.807) is 31.2 Å². The van der Waals surface area contributed by atoms with Crippen LogP contribution in [-0.2, 0) is 10.0 Å². The minimum atomic E-state index is -4.13. The Balaban J connectivity index is 1.65. The molecule has 0 fully saturated rings. The van der Waals surface area contributed by atoms with E-state index in [0.29, 0.717) is 11.1 Å². The number of fused-ring (bicyclic) bond motifs is 1. The number of hydrogen-bond acceptors (Lipinski definition) is 5. The van der Waals surface area contributed by atoms with E-state index in [0.717, 1.165) is 0 Å². The summed E-state index contributed by atoms with van der Waals surface area (Å²) < 4.78 is 42.0. The molecule has 0 aliphatic heterocycles. The molecule has 0 bridgehead atoms. The van der Waals surface area contributed by atoms with Gasteiger partial charge < -0.3 is 5.32 Å². The third-order valence-corrected chi connectivity index (χ3v) is 6.57. The Hall–Kier alpha value is -3.56. The van der Waals surface area contributed by atoms with Gasteiger partial charge in [0.05, 0.1) is 22.8 Å². The molecule has 0 aliphatic rings. The van der Waals surface area contributed by atoms with Gasteiger partial charge in [0.1, 0.15) is 16.2 Å². The Kier molecular flexibility index (Phi) is 6.26. The number of hydrogen-bond donors (Lipinski definition) is 2. The zero-order valence-corrected chi connectivity index (χ0v) is 18.9. The van der Waals surface area contributed by atoms with E-state index in [1.807, 2.05) is 0 Å². The van der Waals surface area contributed by atoms with Crippen LogP contribution in [0.15, 0.2) is 78.0 Å². The summed E-state index contributed by atoms with van der Waals surface area (Å²) in [4.78, 5) is 21.1. The van der Waals surface area contributed by atoms with Gasteiger partial charge in [-0.1, -0.05) is 29.8 Å². The van der Waals surface area contributed by atoms with Gasteiger partial charge in [-0.05, 0) is 55.0 Å². The number of carbonyl (C=O) groups is 1. The van der Waals surface area contributed by atoms with E-state index in [2.05, 4.69) is 20.0 Å². The van der Waals surface area contributed by atoms with Crippen molar-refractivity contribution in [2.45, 2.75) is 17.9 Å². The largest absolute Gasteiger partial charge is 0.345 e. The number of benzene rings is 3. The van der Waals surface area contributed by atoms with Crippen LogP contribution in [0.2, 0.25) is 5.02 Å². The van der Waals surface area contributed by atoms with E-state index in [-0.39, 0.29) is 32.5 Å². The van der Waals surface area contributed by atoms with Crippen molar-refractivity contribution in [3.8, 4) is 0 Å². The first-order valence-corrected chi connectivity index (χ1v) is 11.7. The van der Waals surface area contributed by atoms with Crippen molar-refractivity contribution in [3.63, 3.8) is 0 Å². The Labute approximate surface area is 194 Å². The molecular weight excluding hydrogens is 467 g/mol. The Morgan fingerprint density at radius 2 is 1.76 bits per heavy atom. The number of halogens is 2. The molecule has 0 saturated carbocycles. The van der Waals surface area contributed by atoms with Gasteiger partial charge in [0, 0.05) is 17.4 Å². The van der Waals surface area contributed by atoms with Gasteiger partial charge in [0.15, 0.2) is 0 Å². The first kappa shape index (κ1) is 22.6. The maximum Gasteiger partial charge on any atom is 0.264 e. The van der Waals surface area contributed by atoms with Gasteiger partial charge in [-0.2, -0.15) is 0 Å². The summed E-state index contributed by atoms with van der Waals surface area (Å²) >= 11 is 6.08. The number of amides is 1. The average Bonchev–Trinajstić information content (AvgIpc) is 2.78. The van der Waals surface area contributed by atoms with Crippen LogP contribution in [-0.4, -0.2) is 24.3 Å². The van der Waals surface area contributed by atoms with Gasteiger partial charge in [-0.15, -0.1) is 0 Å². The van der Waals surface area contributed by atoms with Crippen LogP contribution in [0.25, 0.3) is 11.0 Å². The molecule has 4 rings (SSSR count). The SMILES string of the molecule is CC(NC(=O)c1ccc(Cl)cc1NS(=O)(=O)c1cccc2nccnc12)c1ccc(F)cc1. The van der Waals surface area contributed by atoms with Gasteiger partial charge >= 0.3 is 0 Å². The van der Waals surface area contributed by atoms with Crippen LogP contribution < -0.4 is 10.0 Å². The van der Waals surface area contributed by atoms with Crippen LogP contribution in [0.4, 0.5) is 10.1 Å². The molecule has 2 N–H and O–H groups in total. The van der Waals surface area contributed by atoms with Gasteiger partial charge in [-0.3, -0.25) is 19.5 Å². The fraction of sp³-hybridized carbons (Fsp3) is 0.0870. The molecular formula is C23H18ClFN4O3S. The predicted molar refractivity (Wildman–Crippen MR) is 124 cm³/mol. The molecule has 0 spiro atoms. The molecule has 1 aromatic heterocycles. The molecule has 0 saturated heterocycles. The summed E-state index contributed by atoms with van der Waals surface area (Å²) in [5, 5.41) is 3.03. The number of para-hydroxylation sites is 1. The van der Waals surface area contributed by atoms with Crippen molar-refractivity contribution >= 4 is 44.3 Å². The number of aromatic nitrogens is 2. The minimum absolute atomic E-state index is 0.00667. The smallest absolute Gasteiger partial charge is 0.264 e. The molecule has 1 heterocycles. The number of rotatable bonds is 6. The summed E-state index contributed by atoms with van der Waals surface area (Å²) in [6.07, 6.45) is 2.87. The molecule has 3 aromatic carbocycles. The lowest BCUT2D eigenvalue weighted by Crippen LogP contribution is -2.28. The van der Waals surface area contributed by atoms with E-state index in [4.69, 9.17) is 11.6 Å². The highest BCUT2D eigenvalue weighted by Crippen LogP contribution is 2.27. The van der Waals surface area contributed by atoms with Gasteiger partial charge in [0.25, 0.3) is 15.9 Å². The monoisotopic (exact) mass is 484 g/mol. The lowest BCUT2D eigenvalue weighted by molar-refractivity contribution is 0.0941. The molecule has 0 aliphatic carbocycles. The first-order chi connectivity index (χ1) is 15.7. The second-order valence-electron chi connectivity index (χ2n) is 7.22. The first-order valence-electron chi connectivity index (χ1n) is 9.83. The van der Waals surface area contributed by atoms with Crippen molar-refractivity contribution < 1.29 is 17.6 Å². The molecule has 1 amide bonds. The van der Waals surface area contributed by atoms with Crippen LogP contribution in [0.1, 0.15) is 28.9 Å². The zero-order chi connectivity index (χ0) is 23.6. The van der Waals surface area contributed by atoms with E-state index < -0.39 is 22.0 Å². The molecule has 4 aromatic rings. The summed E-state index contributed by atoms with van der Waals surface area (Å²) in [6, 6.07) is 14.1. The quantitative estimate of drug-likeness (QED) is 0.412. The topological polar surface area (TPSA) is 101 Å². The summed E-state index contributed by atoms with van der Waals surface area (Å²) in [7, 11) is -4.13. The van der Waals surface area contributed by atoms with Gasteiger partial charge in [-0.25, -0.2) is 12.8 Å². The second-order valence-corrected chi connectivity index (χ2v) is 9.31. The normalized spacial score (nSPS) is 12.3. The fourth-order valence-corrected chi connectivity index (χ4v) is 4.70. The van der Waals surface area contributed by atoms with E-state index >= 15 is 0 Å². The molecule has 1 atom stereocenters.